The Morgan fingerprint density at radius 3 is 2.70 bits per heavy atom. The molecule has 110 valence electrons. The molecule has 4 nitrogen and oxygen atoms in total. The van der Waals surface area contributed by atoms with E-state index in [1.165, 1.54) is 0 Å². The van der Waals surface area contributed by atoms with Crippen molar-refractivity contribution in [2.45, 2.75) is 38.2 Å². The van der Waals surface area contributed by atoms with E-state index in [0.717, 1.165) is 37.2 Å². The number of carbonyl (C=O) groups is 1. The third kappa shape index (κ3) is 4.23. The molecular weight excluding hydrogens is 254 g/mol. The first kappa shape index (κ1) is 14.9. The molecule has 0 saturated carbocycles. The van der Waals surface area contributed by atoms with Crippen LogP contribution in [0.2, 0.25) is 0 Å². The number of hydrogen-bond donors (Lipinski definition) is 1. The van der Waals surface area contributed by atoms with Crippen molar-refractivity contribution in [1.82, 2.24) is 4.90 Å². The summed E-state index contributed by atoms with van der Waals surface area (Å²) in [6.45, 7) is 4.22. The fourth-order valence-electron chi connectivity index (χ4n) is 2.80. The van der Waals surface area contributed by atoms with Crippen LogP contribution >= 0.6 is 0 Å². The van der Waals surface area contributed by atoms with Crippen molar-refractivity contribution < 1.29 is 14.6 Å². The molecule has 0 aliphatic carbocycles. The Labute approximate surface area is 120 Å². The minimum Gasteiger partial charge on any atom is -0.486 e. The Morgan fingerprint density at radius 1 is 1.40 bits per heavy atom. The number of likely N-dealkylation sites (tertiary alicyclic amines) is 1. The van der Waals surface area contributed by atoms with Crippen molar-refractivity contribution in [1.29, 1.82) is 0 Å². The number of benzene rings is 1. The number of aryl methyl sites for hydroxylation is 1. The van der Waals surface area contributed by atoms with Crippen LogP contribution in [0, 0.1) is 0 Å². The highest BCUT2D eigenvalue weighted by atomic mass is 16.5. The van der Waals surface area contributed by atoms with Gasteiger partial charge in [-0.15, -0.1) is 0 Å². The fraction of sp³-hybridized carbons (Fsp3) is 0.562. The molecule has 0 aromatic heterocycles. The molecule has 1 aromatic rings. The number of hydrogen-bond acceptors (Lipinski definition) is 3. The van der Waals surface area contributed by atoms with Crippen molar-refractivity contribution >= 4 is 5.97 Å². The van der Waals surface area contributed by atoms with Crippen molar-refractivity contribution in [3.63, 3.8) is 0 Å². The monoisotopic (exact) mass is 277 g/mol. The summed E-state index contributed by atoms with van der Waals surface area (Å²) in [6, 6.07) is 7.79. The number of aliphatic carboxylic acids is 1. The molecule has 1 N–H and O–H groups in total. The van der Waals surface area contributed by atoms with Gasteiger partial charge in [-0.2, -0.15) is 0 Å². The summed E-state index contributed by atoms with van der Waals surface area (Å²) in [7, 11) is 2.12. The standard InChI is InChI=1S/C16H23NO3/c1-16(10-3-11-17(2)12-16)20-14-7-4-13(5-8-14)6-9-15(18)19/h4-5,7-8H,3,6,9-12H2,1-2H3,(H,18,19). The average Bonchev–Trinajstić information content (AvgIpc) is 2.37. The first-order valence-corrected chi connectivity index (χ1v) is 7.15. The van der Waals surface area contributed by atoms with Gasteiger partial charge in [0.05, 0.1) is 0 Å². The number of nitrogens with zero attached hydrogens (tertiary/aromatic N) is 1. The second-order valence-electron chi connectivity index (χ2n) is 5.93. The van der Waals surface area contributed by atoms with E-state index in [1.54, 1.807) is 0 Å². The molecular formula is C16H23NO3. The lowest BCUT2D eigenvalue weighted by atomic mass is 9.95. The highest BCUT2D eigenvalue weighted by molar-refractivity contribution is 5.67. The third-order valence-corrected chi connectivity index (χ3v) is 3.76. The maximum absolute atomic E-state index is 10.5. The maximum atomic E-state index is 10.5. The Morgan fingerprint density at radius 2 is 2.10 bits per heavy atom. The average molecular weight is 277 g/mol. The Bertz CT molecular complexity index is 457. The SMILES string of the molecule is CN1CCCC(C)(Oc2ccc(CCC(=O)O)cc2)C1. The van der Waals surface area contributed by atoms with E-state index in [1.807, 2.05) is 24.3 Å². The summed E-state index contributed by atoms with van der Waals surface area (Å²) in [5, 5.41) is 8.68. The van der Waals surface area contributed by atoms with E-state index in [2.05, 4.69) is 18.9 Å². The Kier molecular flexibility index (Phi) is 4.65. The topological polar surface area (TPSA) is 49.8 Å². The zero-order valence-corrected chi connectivity index (χ0v) is 12.3. The van der Waals surface area contributed by atoms with E-state index in [9.17, 15) is 4.79 Å². The summed E-state index contributed by atoms with van der Waals surface area (Å²) in [4.78, 5) is 12.8. The molecule has 2 rings (SSSR count). The van der Waals surface area contributed by atoms with Gasteiger partial charge in [-0.3, -0.25) is 4.79 Å². The van der Waals surface area contributed by atoms with Gasteiger partial charge in [0.1, 0.15) is 11.4 Å². The van der Waals surface area contributed by atoms with Crippen LogP contribution in [0.5, 0.6) is 5.75 Å². The third-order valence-electron chi connectivity index (χ3n) is 3.76. The zero-order chi connectivity index (χ0) is 14.6. The molecule has 20 heavy (non-hydrogen) atoms. The van der Waals surface area contributed by atoms with Gasteiger partial charge in [0, 0.05) is 13.0 Å². The first-order valence-electron chi connectivity index (χ1n) is 7.15. The maximum Gasteiger partial charge on any atom is 0.303 e. The van der Waals surface area contributed by atoms with Gasteiger partial charge < -0.3 is 14.7 Å². The van der Waals surface area contributed by atoms with Crippen LogP contribution < -0.4 is 4.74 Å². The lowest BCUT2D eigenvalue weighted by Gasteiger charge is -2.39. The van der Waals surface area contributed by atoms with Crippen LogP contribution in [0.15, 0.2) is 24.3 Å². The molecule has 0 radical (unpaired) electrons. The lowest BCUT2D eigenvalue weighted by Crippen LogP contribution is -2.48. The second-order valence-corrected chi connectivity index (χ2v) is 5.93. The number of piperidine rings is 1. The van der Waals surface area contributed by atoms with Gasteiger partial charge in [0.15, 0.2) is 0 Å². The minimum absolute atomic E-state index is 0.129. The predicted octanol–water partition coefficient (Wildman–Crippen LogP) is 2.57. The molecule has 4 heteroatoms. The highest BCUT2D eigenvalue weighted by Gasteiger charge is 2.31. The molecule has 1 aliphatic rings. The number of likely N-dealkylation sites (N-methyl/N-ethyl adjacent to an activating group) is 1. The smallest absolute Gasteiger partial charge is 0.303 e. The number of ether oxygens (including phenoxy) is 1. The number of carboxylic acids is 1. The van der Waals surface area contributed by atoms with E-state index < -0.39 is 5.97 Å². The largest absolute Gasteiger partial charge is 0.486 e. The number of rotatable bonds is 5. The lowest BCUT2D eigenvalue weighted by molar-refractivity contribution is -0.136. The van der Waals surface area contributed by atoms with Gasteiger partial charge in [0.25, 0.3) is 0 Å². The summed E-state index contributed by atoms with van der Waals surface area (Å²) >= 11 is 0. The van der Waals surface area contributed by atoms with E-state index in [4.69, 9.17) is 9.84 Å². The van der Waals surface area contributed by atoms with Crippen LogP contribution in [0.25, 0.3) is 0 Å². The molecule has 1 heterocycles. The van der Waals surface area contributed by atoms with Gasteiger partial charge in [-0.25, -0.2) is 0 Å². The second kappa shape index (κ2) is 6.27. The molecule has 0 bridgehead atoms. The van der Waals surface area contributed by atoms with E-state index >= 15 is 0 Å². The normalized spacial score (nSPS) is 23.5. The van der Waals surface area contributed by atoms with Crippen LogP contribution in [-0.2, 0) is 11.2 Å². The van der Waals surface area contributed by atoms with Gasteiger partial charge >= 0.3 is 5.97 Å². The Balaban J connectivity index is 1.94. The van der Waals surface area contributed by atoms with Crippen molar-refractivity contribution in [2.75, 3.05) is 20.1 Å². The minimum atomic E-state index is -0.761. The molecule has 1 unspecified atom stereocenters. The van der Waals surface area contributed by atoms with Crippen molar-refractivity contribution in [3.8, 4) is 5.75 Å². The summed E-state index contributed by atoms with van der Waals surface area (Å²) in [5.41, 5.74) is 0.904. The zero-order valence-electron chi connectivity index (χ0n) is 12.3. The quantitative estimate of drug-likeness (QED) is 0.898. The van der Waals surface area contributed by atoms with Crippen molar-refractivity contribution in [2.24, 2.45) is 0 Å². The van der Waals surface area contributed by atoms with Crippen LogP contribution in [0.1, 0.15) is 31.7 Å². The molecule has 1 saturated heterocycles. The molecule has 0 spiro atoms. The van der Waals surface area contributed by atoms with Crippen molar-refractivity contribution in [3.05, 3.63) is 29.8 Å². The summed E-state index contributed by atoms with van der Waals surface area (Å²) in [5.74, 6) is 0.102. The predicted molar refractivity (Wildman–Crippen MR) is 78.2 cm³/mol. The number of carboxylic acid groups (broad SMARTS) is 1. The van der Waals surface area contributed by atoms with Crippen LogP contribution in [-0.4, -0.2) is 41.7 Å². The van der Waals surface area contributed by atoms with Gasteiger partial charge in [0.2, 0.25) is 0 Å². The van der Waals surface area contributed by atoms with Crippen LogP contribution in [0.3, 0.4) is 0 Å². The molecule has 1 aromatic carbocycles. The first-order chi connectivity index (χ1) is 9.47. The summed E-state index contributed by atoms with van der Waals surface area (Å²) in [6.07, 6.45) is 2.96. The fourth-order valence-corrected chi connectivity index (χ4v) is 2.80. The highest BCUT2D eigenvalue weighted by Crippen LogP contribution is 2.27. The van der Waals surface area contributed by atoms with Crippen LogP contribution in [0.4, 0.5) is 0 Å². The van der Waals surface area contributed by atoms with Gasteiger partial charge in [-0.05, 0) is 57.5 Å². The molecule has 1 atom stereocenters. The Hall–Kier alpha value is -1.55. The van der Waals surface area contributed by atoms with Gasteiger partial charge in [-0.1, -0.05) is 12.1 Å². The molecule has 1 aliphatic heterocycles. The van der Waals surface area contributed by atoms with E-state index in [-0.39, 0.29) is 12.0 Å². The van der Waals surface area contributed by atoms with E-state index in [0.29, 0.717) is 6.42 Å². The summed E-state index contributed by atoms with van der Waals surface area (Å²) < 4.78 is 6.14. The molecule has 1 fully saturated rings. The molecule has 0 amide bonds.